The van der Waals surface area contributed by atoms with Gasteiger partial charge in [0.05, 0.1) is 0 Å². The minimum Gasteiger partial charge on any atom is -0.103 e. The van der Waals surface area contributed by atoms with E-state index in [1.165, 1.54) is 11.1 Å². The van der Waals surface area contributed by atoms with E-state index in [1.54, 1.807) is 0 Å². The summed E-state index contributed by atoms with van der Waals surface area (Å²) in [5.41, 5.74) is 10.3. The Morgan fingerprint density at radius 2 is 0.833 bits per heavy atom. The maximum Gasteiger partial charge on any atom is 0.122 e. The second-order valence-corrected chi connectivity index (χ2v) is 9.56. The van der Waals surface area contributed by atoms with Gasteiger partial charge in [-0.25, -0.2) is 0 Å². The summed E-state index contributed by atoms with van der Waals surface area (Å²) in [6.45, 7) is 0. The van der Waals surface area contributed by atoms with Gasteiger partial charge in [-0.05, 0) is 50.1 Å². The molecule has 0 saturated carbocycles. The minimum atomic E-state index is -0.811. The van der Waals surface area contributed by atoms with Crippen molar-refractivity contribution >= 4 is 28.3 Å². The van der Waals surface area contributed by atoms with Gasteiger partial charge in [0.1, 0.15) is 4.87 Å². The van der Waals surface area contributed by atoms with Crippen LogP contribution in [0.3, 0.4) is 0 Å². The predicted octanol–water partition coefficient (Wildman–Crippen LogP) is 9.25. The lowest BCUT2D eigenvalue weighted by Crippen LogP contribution is -2.35. The van der Waals surface area contributed by atoms with Crippen molar-refractivity contribution in [1.29, 1.82) is 0 Å². The van der Waals surface area contributed by atoms with Crippen LogP contribution in [0.5, 0.6) is 0 Å². The molecule has 5 aromatic carbocycles. The van der Waals surface area contributed by atoms with Crippen LogP contribution in [0, 0.1) is 0 Å². The molecule has 0 fully saturated rings. The summed E-state index contributed by atoms with van der Waals surface area (Å²) >= 11 is 7.92. The van der Waals surface area contributed by atoms with E-state index in [0.29, 0.717) is 0 Å². The Bertz CT molecular complexity index is 1490. The van der Waals surface area contributed by atoms with E-state index in [4.69, 9.17) is 11.6 Å². The summed E-state index contributed by atoms with van der Waals surface area (Å²) in [5, 5.41) is 0. The van der Waals surface area contributed by atoms with Crippen molar-refractivity contribution < 1.29 is 0 Å². The highest BCUT2D eigenvalue weighted by molar-refractivity contribution is 6.42. The zero-order valence-electron chi connectivity index (χ0n) is 19.8. The third-order valence-electron chi connectivity index (χ3n) is 6.86. The topological polar surface area (TPSA) is 0 Å². The summed E-state index contributed by atoms with van der Waals surface area (Å²) in [5.74, 6) is 0. The number of benzene rings is 5. The average molecular weight is 481 g/mol. The van der Waals surface area contributed by atoms with Crippen LogP contribution in [0.2, 0.25) is 0 Å². The fourth-order valence-corrected chi connectivity index (χ4v) is 5.81. The molecule has 0 radical (unpaired) electrons. The molecule has 0 amide bonds. The summed E-state index contributed by atoms with van der Waals surface area (Å²) in [6.07, 6.45) is 0. The zero-order chi connectivity index (χ0) is 24.4. The summed E-state index contributed by atoms with van der Waals surface area (Å²) < 4.78 is 0. The van der Waals surface area contributed by atoms with Crippen LogP contribution >= 0.6 is 11.6 Å². The van der Waals surface area contributed by atoms with Crippen molar-refractivity contribution in [3.63, 3.8) is 0 Å². The molecule has 1 heteroatoms. The van der Waals surface area contributed by atoms with Crippen LogP contribution < -0.4 is 0 Å². The molecule has 0 nitrogen and oxygen atoms in total. The second-order valence-electron chi connectivity index (χ2n) is 8.99. The average Bonchev–Trinajstić information content (AvgIpc) is 2.96. The third-order valence-corrected chi connectivity index (χ3v) is 7.46. The molecule has 36 heavy (non-hydrogen) atoms. The third kappa shape index (κ3) is 3.71. The SMILES string of the molecule is Cl[C@@]1(c2ccccc2)C(=C(c2ccccc2)c2ccccc2)C(c2ccccc2)=C1c1ccccc1. The monoisotopic (exact) mass is 480 g/mol. The van der Waals surface area contributed by atoms with Crippen molar-refractivity contribution in [3.05, 3.63) is 185 Å². The van der Waals surface area contributed by atoms with Gasteiger partial charge in [0.15, 0.2) is 0 Å². The van der Waals surface area contributed by atoms with Gasteiger partial charge in [0, 0.05) is 0 Å². The molecule has 0 spiro atoms. The first-order valence-corrected chi connectivity index (χ1v) is 12.6. The Labute approximate surface area is 217 Å². The number of alkyl halides is 1. The van der Waals surface area contributed by atoms with Crippen molar-refractivity contribution in [2.45, 2.75) is 4.87 Å². The lowest BCUT2D eigenvalue weighted by Gasteiger charge is -2.47. The van der Waals surface area contributed by atoms with Gasteiger partial charge in [0.25, 0.3) is 0 Å². The first-order chi connectivity index (χ1) is 17.8. The molecule has 0 saturated heterocycles. The lowest BCUT2D eigenvalue weighted by atomic mass is 9.61. The molecule has 6 rings (SSSR count). The standard InChI is InChI=1S/C35H25Cl/c36-35(30-24-14-5-15-25-30)33(29-22-12-4-13-23-29)32(28-20-10-3-11-21-28)34(35)31(26-16-6-1-7-17-26)27-18-8-2-9-19-27/h1-25H/t35-/m1/s1. The van der Waals surface area contributed by atoms with Gasteiger partial charge in [-0.3, -0.25) is 0 Å². The predicted molar refractivity (Wildman–Crippen MR) is 153 cm³/mol. The van der Waals surface area contributed by atoms with Crippen molar-refractivity contribution in [1.82, 2.24) is 0 Å². The highest BCUT2D eigenvalue weighted by atomic mass is 35.5. The van der Waals surface area contributed by atoms with Crippen LogP contribution in [0.25, 0.3) is 16.7 Å². The van der Waals surface area contributed by atoms with Crippen molar-refractivity contribution in [3.8, 4) is 0 Å². The van der Waals surface area contributed by atoms with E-state index >= 15 is 0 Å². The minimum absolute atomic E-state index is 0.811. The Morgan fingerprint density at radius 3 is 1.31 bits per heavy atom. The smallest absolute Gasteiger partial charge is 0.103 e. The van der Waals surface area contributed by atoms with Gasteiger partial charge in [-0.1, -0.05) is 152 Å². The molecule has 0 aromatic heterocycles. The molecule has 0 unspecified atom stereocenters. The molecule has 0 heterocycles. The second kappa shape index (κ2) is 9.49. The van der Waals surface area contributed by atoms with Gasteiger partial charge in [0.2, 0.25) is 0 Å². The van der Waals surface area contributed by atoms with Crippen molar-refractivity contribution in [2.24, 2.45) is 0 Å². The molecular formula is C35H25Cl. The molecule has 0 aliphatic heterocycles. The molecule has 172 valence electrons. The summed E-state index contributed by atoms with van der Waals surface area (Å²) in [4.78, 5) is -0.811. The van der Waals surface area contributed by atoms with Crippen LogP contribution in [0.15, 0.2) is 157 Å². The Hall–Kier alpha value is -4.13. The van der Waals surface area contributed by atoms with E-state index in [0.717, 1.165) is 39.0 Å². The fraction of sp³-hybridized carbons (Fsp3) is 0.0286. The molecule has 1 aliphatic rings. The Balaban J connectivity index is 1.79. The number of hydrogen-bond acceptors (Lipinski definition) is 0. The van der Waals surface area contributed by atoms with Crippen LogP contribution in [-0.2, 0) is 4.87 Å². The first kappa shape index (κ1) is 22.3. The van der Waals surface area contributed by atoms with Crippen molar-refractivity contribution in [2.75, 3.05) is 0 Å². The van der Waals surface area contributed by atoms with E-state index in [1.807, 2.05) is 6.07 Å². The highest BCUT2D eigenvalue weighted by Crippen LogP contribution is 2.65. The van der Waals surface area contributed by atoms with Crippen LogP contribution in [-0.4, -0.2) is 0 Å². The number of hydrogen-bond donors (Lipinski definition) is 0. The zero-order valence-corrected chi connectivity index (χ0v) is 20.6. The van der Waals surface area contributed by atoms with E-state index in [2.05, 4.69) is 146 Å². The summed E-state index contributed by atoms with van der Waals surface area (Å²) in [7, 11) is 0. The quantitative estimate of drug-likeness (QED) is 0.220. The number of halogens is 1. The number of rotatable bonds is 5. The molecule has 1 aliphatic carbocycles. The molecule has 5 aromatic rings. The first-order valence-electron chi connectivity index (χ1n) is 12.2. The number of allylic oxidation sites excluding steroid dienone is 3. The molecule has 0 N–H and O–H groups in total. The molecule has 0 bridgehead atoms. The Morgan fingerprint density at radius 1 is 0.444 bits per heavy atom. The van der Waals surface area contributed by atoms with Gasteiger partial charge < -0.3 is 0 Å². The normalized spacial score (nSPS) is 17.0. The van der Waals surface area contributed by atoms with E-state index in [-0.39, 0.29) is 0 Å². The van der Waals surface area contributed by atoms with E-state index < -0.39 is 4.87 Å². The lowest BCUT2D eigenvalue weighted by molar-refractivity contribution is 0.910. The molecular weight excluding hydrogens is 456 g/mol. The van der Waals surface area contributed by atoms with Crippen LogP contribution in [0.1, 0.15) is 27.8 Å². The largest absolute Gasteiger partial charge is 0.122 e. The van der Waals surface area contributed by atoms with Gasteiger partial charge in [-0.15, -0.1) is 11.6 Å². The van der Waals surface area contributed by atoms with E-state index in [9.17, 15) is 0 Å². The van der Waals surface area contributed by atoms with Crippen LogP contribution in [0.4, 0.5) is 0 Å². The Kier molecular flexibility index (Phi) is 5.89. The maximum atomic E-state index is 7.92. The maximum absolute atomic E-state index is 7.92. The molecule has 1 atom stereocenters. The summed E-state index contributed by atoms with van der Waals surface area (Å²) in [6, 6.07) is 52.9. The van der Waals surface area contributed by atoms with Gasteiger partial charge in [-0.2, -0.15) is 0 Å². The van der Waals surface area contributed by atoms with Gasteiger partial charge >= 0.3 is 0 Å². The fourth-order valence-electron chi connectivity index (χ4n) is 5.29. The highest BCUT2D eigenvalue weighted by Gasteiger charge is 2.52.